The van der Waals surface area contributed by atoms with Gasteiger partial charge in [-0.05, 0) is 24.6 Å². The van der Waals surface area contributed by atoms with E-state index in [0.717, 1.165) is 5.56 Å². The molecule has 0 radical (unpaired) electrons. The maximum atomic E-state index is 9.17. The molecule has 0 spiro atoms. The number of rotatable bonds is 5. The molecule has 0 heterocycles. The maximum absolute atomic E-state index is 9.17. The van der Waals surface area contributed by atoms with Gasteiger partial charge in [0.2, 0.25) is 0 Å². The van der Waals surface area contributed by atoms with Gasteiger partial charge in [-0.15, -0.1) is 0 Å². The highest BCUT2D eigenvalue weighted by atomic mass is 35.5. The molecule has 96 valence electrons. The van der Waals surface area contributed by atoms with Crippen LogP contribution in [0.2, 0.25) is 10.0 Å². The van der Waals surface area contributed by atoms with E-state index < -0.39 is 5.41 Å². The van der Waals surface area contributed by atoms with E-state index in [4.69, 9.17) is 23.2 Å². The predicted molar refractivity (Wildman–Crippen MR) is 72.0 cm³/mol. The van der Waals surface area contributed by atoms with E-state index >= 15 is 0 Å². The van der Waals surface area contributed by atoms with E-state index in [9.17, 15) is 10.2 Å². The summed E-state index contributed by atoms with van der Waals surface area (Å²) in [5.41, 5.74) is 1.03. The van der Waals surface area contributed by atoms with Crippen LogP contribution in [-0.4, -0.2) is 30.0 Å². The first kappa shape index (κ1) is 14.6. The molecular formula is C12H17Cl2NO2. The van der Waals surface area contributed by atoms with Crippen LogP contribution in [-0.2, 0) is 0 Å². The smallest absolute Gasteiger partial charge is 0.0641 e. The molecule has 0 fully saturated rings. The molecular weight excluding hydrogens is 261 g/mol. The van der Waals surface area contributed by atoms with E-state index in [1.54, 1.807) is 19.1 Å². The van der Waals surface area contributed by atoms with Crippen molar-refractivity contribution in [1.29, 1.82) is 0 Å². The van der Waals surface area contributed by atoms with E-state index in [1.165, 1.54) is 0 Å². The van der Waals surface area contributed by atoms with Crippen LogP contribution in [0.15, 0.2) is 12.1 Å². The van der Waals surface area contributed by atoms with Crippen LogP contribution in [0.5, 0.6) is 0 Å². The summed E-state index contributed by atoms with van der Waals surface area (Å²) in [5.74, 6) is 0. The SMILES string of the molecule is Cc1cc(Cl)c(NCC(C)(CO)CO)cc1Cl. The van der Waals surface area contributed by atoms with Crippen LogP contribution >= 0.6 is 23.2 Å². The van der Waals surface area contributed by atoms with Crippen LogP contribution in [0.25, 0.3) is 0 Å². The summed E-state index contributed by atoms with van der Waals surface area (Å²) in [5, 5.41) is 22.6. The van der Waals surface area contributed by atoms with Gasteiger partial charge < -0.3 is 15.5 Å². The largest absolute Gasteiger partial charge is 0.396 e. The molecule has 0 aliphatic rings. The van der Waals surface area contributed by atoms with Crippen molar-refractivity contribution in [2.75, 3.05) is 25.1 Å². The van der Waals surface area contributed by atoms with Crippen LogP contribution in [0.3, 0.4) is 0 Å². The molecule has 1 aromatic carbocycles. The first-order chi connectivity index (χ1) is 7.91. The van der Waals surface area contributed by atoms with Crippen molar-refractivity contribution in [3.63, 3.8) is 0 Å². The predicted octanol–water partition coefficient (Wildman–Crippen LogP) is 2.70. The number of aryl methyl sites for hydroxylation is 1. The fourth-order valence-corrected chi connectivity index (χ4v) is 1.70. The Balaban J connectivity index is 2.79. The highest BCUT2D eigenvalue weighted by Crippen LogP contribution is 2.29. The molecule has 1 rings (SSSR count). The zero-order valence-electron chi connectivity index (χ0n) is 9.93. The zero-order valence-corrected chi connectivity index (χ0v) is 11.4. The number of anilines is 1. The summed E-state index contributed by atoms with van der Waals surface area (Å²) >= 11 is 12.1. The van der Waals surface area contributed by atoms with Crippen LogP contribution in [0, 0.1) is 12.3 Å². The van der Waals surface area contributed by atoms with Gasteiger partial charge in [0.25, 0.3) is 0 Å². The number of benzene rings is 1. The minimum absolute atomic E-state index is 0.103. The third-order valence-electron chi connectivity index (χ3n) is 2.72. The lowest BCUT2D eigenvalue weighted by atomic mass is 9.93. The number of halogens is 2. The normalized spacial score (nSPS) is 11.6. The Kier molecular flexibility index (Phi) is 5.07. The molecule has 1 aromatic rings. The van der Waals surface area contributed by atoms with Gasteiger partial charge in [-0.25, -0.2) is 0 Å². The fourth-order valence-electron chi connectivity index (χ4n) is 1.25. The first-order valence-electron chi connectivity index (χ1n) is 5.33. The van der Waals surface area contributed by atoms with Crippen molar-refractivity contribution in [2.24, 2.45) is 5.41 Å². The molecule has 17 heavy (non-hydrogen) atoms. The highest BCUT2D eigenvalue weighted by Gasteiger charge is 2.22. The van der Waals surface area contributed by atoms with Gasteiger partial charge in [-0.3, -0.25) is 0 Å². The Hall–Kier alpha value is -0.480. The van der Waals surface area contributed by atoms with E-state index in [1.807, 2.05) is 6.92 Å². The second kappa shape index (κ2) is 5.91. The number of hydrogen-bond donors (Lipinski definition) is 3. The molecule has 0 saturated carbocycles. The van der Waals surface area contributed by atoms with Gasteiger partial charge in [0.05, 0.1) is 23.9 Å². The quantitative estimate of drug-likeness (QED) is 0.776. The van der Waals surface area contributed by atoms with Gasteiger partial charge in [-0.2, -0.15) is 0 Å². The van der Waals surface area contributed by atoms with Crippen molar-refractivity contribution < 1.29 is 10.2 Å². The maximum Gasteiger partial charge on any atom is 0.0641 e. The average molecular weight is 278 g/mol. The summed E-state index contributed by atoms with van der Waals surface area (Å²) in [7, 11) is 0. The topological polar surface area (TPSA) is 52.5 Å². The third-order valence-corrected chi connectivity index (χ3v) is 3.44. The lowest BCUT2D eigenvalue weighted by Crippen LogP contribution is -2.34. The second-order valence-electron chi connectivity index (χ2n) is 4.56. The molecule has 0 atom stereocenters. The standard InChI is InChI=1S/C12H17Cl2NO2/c1-8-3-10(14)11(4-9(8)13)15-5-12(2,6-16)7-17/h3-4,15-17H,5-7H2,1-2H3. The van der Waals surface area contributed by atoms with Gasteiger partial charge >= 0.3 is 0 Å². The van der Waals surface area contributed by atoms with E-state index in [0.29, 0.717) is 22.3 Å². The summed E-state index contributed by atoms with van der Waals surface area (Å²) in [6.07, 6.45) is 0. The molecule has 0 bridgehead atoms. The lowest BCUT2D eigenvalue weighted by Gasteiger charge is -2.25. The number of nitrogens with one attached hydrogen (secondary N) is 1. The second-order valence-corrected chi connectivity index (χ2v) is 5.38. The first-order valence-corrected chi connectivity index (χ1v) is 6.09. The van der Waals surface area contributed by atoms with Crippen molar-refractivity contribution in [3.8, 4) is 0 Å². The monoisotopic (exact) mass is 277 g/mol. The molecule has 0 aliphatic heterocycles. The van der Waals surface area contributed by atoms with E-state index in [2.05, 4.69) is 5.32 Å². The minimum atomic E-state index is -0.583. The molecule has 0 aliphatic carbocycles. The molecule has 0 saturated heterocycles. The Labute approximate surface area is 111 Å². The van der Waals surface area contributed by atoms with Crippen molar-refractivity contribution in [2.45, 2.75) is 13.8 Å². The molecule has 5 heteroatoms. The Morgan fingerprint density at radius 3 is 2.29 bits per heavy atom. The van der Waals surface area contributed by atoms with E-state index in [-0.39, 0.29) is 13.2 Å². The van der Waals surface area contributed by atoms with Crippen molar-refractivity contribution >= 4 is 28.9 Å². The molecule has 3 nitrogen and oxygen atoms in total. The number of aliphatic hydroxyl groups excluding tert-OH is 2. The number of hydrogen-bond acceptors (Lipinski definition) is 3. The van der Waals surface area contributed by atoms with Gasteiger partial charge in [0, 0.05) is 17.0 Å². The van der Waals surface area contributed by atoms with Crippen LogP contribution in [0.1, 0.15) is 12.5 Å². The summed E-state index contributed by atoms with van der Waals surface area (Å²) in [4.78, 5) is 0. The van der Waals surface area contributed by atoms with Crippen molar-refractivity contribution in [1.82, 2.24) is 0 Å². The summed E-state index contributed by atoms with van der Waals surface area (Å²) in [6, 6.07) is 3.52. The lowest BCUT2D eigenvalue weighted by molar-refractivity contribution is 0.0806. The molecule has 0 unspecified atom stereocenters. The summed E-state index contributed by atoms with van der Waals surface area (Å²) in [6.45, 7) is 3.87. The Bertz CT molecular complexity index is 392. The third kappa shape index (κ3) is 3.75. The number of aliphatic hydroxyl groups is 2. The fraction of sp³-hybridized carbons (Fsp3) is 0.500. The van der Waals surface area contributed by atoms with Gasteiger partial charge in [0.1, 0.15) is 0 Å². The molecule has 3 N–H and O–H groups in total. The summed E-state index contributed by atoms with van der Waals surface area (Å²) < 4.78 is 0. The van der Waals surface area contributed by atoms with Crippen LogP contribution < -0.4 is 5.32 Å². The van der Waals surface area contributed by atoms with Crippen molar-refractivity contribution in [3.05, 3.63) is 27.7 Å². The van der Waals surface area contributed by atoms with Gasteiger partial charge in [0.15, 0.2) is 0 Å². The molecule has 0 aromatic heterocycles. The average Bonchev–Trinajstić information content (AvgIpc) is 2.32. The minimum Gasteiger partial charge on any atom is -0.396 e. The molecule has 0 amide bonds. The highest BCUT2D eigenvalue weighted by molar-refractivity contribution is 6.35. The Morgan fingerprint density at radius 2 is 1.76 bits per heavy atom. The van der Waals surface area contributed by atoms with Crippen LogP contribution in [0.4, 0.5) is 5.69 Å². The Morgan fingerprint density at radius 1 is 1.18 bits per heavy atom. The van der Waals surface area contributed by atoms with Gasteiger partial charge in [-0.1, -0.05) is 30.1 Å². The zero-order chi connectivity index (χ0) is 13.1.